The van der Waals surface area contributed by atoms with E-state index in [2.05, 4.69) is 34.4 Å². The molecule has 0 aromatic carbocycles. The lowest BCUT2D eigenvalue weighted by molar-refractivity contribution is -0.120. The number of hydrogen-bond donors (Lipinski definition) is 1. The fraction of sp³-hybridized carbons (Fsp3) is 0.654. The SMILES string of the molecule is CO[C@H]1CC[C@H](CN2CC[C@@H](Cc3ccn4ncc(N5CCC(=O)NC5=O)c4c3)C[C@@H]2C)CC1. The lowest BCUT2D eigenvalue weighted by Crippen LogP contribution is -2.49. The predicted molar refractivity (Wildman–Crippen MR) is 131 cm³/mol. The van der Waals surface area contributed by atoms with Crippen LogP contribution in [0.5, 0.6) is 0 Å². The summed E-state index contributed by atoms with van der Waals surface area (Å²) in [7, 11) is 1.84. The molecule has 2 atom stereocenters. The molecule has 3 aliphatic rings. The Morgan fingerprint density at radius 1 is 1.12 bits per heavy atom. The molecule has 1 aliphatic carbocycles. The molecule has 2 aliphatic heterocycles. The van der Waals surface area contributed by atoms with Gasteiger partial charge in [-0.15, -0.1) is 0 Å². The number of carbonyl (C=O) groups is 2. The van der Waals surface area contributed by atoms with Crippen molar-refractivity contribution in [1.29, 1.82) is 0 Å². The molecule has 3 amide bonds. The summed E-state index contributed by atoms with van der Waals surface area (Å²) in [5, 5.41) is 6.82. The minimum atomic E-state index is -0.367. The van der Waals surface area contributed by atoms with E-state index in [1.165, 1.54) is 57.2 Å². The number of imide groups is 1. The van der Waals surface area contributed by atoms with Crippen molar-refractivity contribution in [3.05, 3.63) is 30.1 Å². The van der Waals surface area contributed by atoms with E-state index in [0.717, 1.165) is 23.5 Å². The largest absolute Gasteiger partial charge is 0.381 e. The van der Waals surface area contributed by atoms with Crippen molar-refractivity contribution in [3.8, 4) is 0 Å². The molecule has 3 fully saturated rings. The third-order valence-corrected chi connectivity index (χ3v) is 8.18. The van der Waals surface area contributed by atoms with E-state index in [9.17, 15) is 9.59 Å². The molecule has 1 N–H and O–H groups in total. The van der Waals surface area contributed by atoms with Crippen LogP contribution in [0.2, 0.25) is 0 Å². The summed E-state index contributed by atoms with van der Waals surface area (Å²) in [5.41, 5.74) is 2.96. The molecule has 2 aromatic rings. The second kappa shape index (κ2) is 10.0. The average Bonchev–Trinajstić information content (AvgIpc) is 3.24. The van der Waals surface area contributed by atoms with Gasteiger partial charge in [0.25, 0.3) is 0 Å². The Balaban J connectivity index is 1.20. The number of urea groups is 1. The lowest BCUT2D eigenvalue weighted by atomic mass is 9.83. The van der Waals surface area contributed by atoms with Crippen LogP contribution in [0.4, 0.5) is 10.5 Å². The molecule has 2 saturated heterocycles. The molecule has 4 heterocycles. The lowest BCUT2D eigenvalue weighted by Gasteiger charge is -2.41. The zero-order valence-electron chi connectivity index (χ0n) is 20.4. The third kappa shape index (κ3) is 4.98. The topological polar surface area (TPSA) is 79.2 Å². The van der Waals surface area contributed by atoms with Crippen molar-refractivity contribution in [2.24, 2.45) is 11.8 Å². The van der Waals surface area contributed by atoms with Crippen molar-refractivity contribution in [3.63, 3.8) is 0 Å². The van der Waals surface area contributed by atoms with Crippen LogP contribution in [0.15, 0.2) is 24.5 Å². The average molecular weight is 468 g/mol. The molecule has 184 valence electrons. The molecule has 8 nitrogen and oxygen atoms in total. The van der Waals surface area contributed by atoms with Crippen LogP contribution < -0.4 is 10.2 Å². The zero-order valence-corrected chi connectivity index (χ0v) is 20.4. The van der Waals surface area contributed by atoms with Crippen LogP contribution >= 0.6 is 0 Å². The zero-order chi connectivity index (χ0) is 23.7. The Bertz CT molecular complexity index is 1030. The molecule has 0 bridgehead atoms. The van der Waals surface area contributed by atoms with E-state index in [4.69, 9.17) is 4.74 Å². The van der Waals surface area contributed by atoms with Gasteiger partial charge in [0.15, 0.2) is 0 Å². The summed E-state index contributed by atoms with van der Waals surface area (Å²) < 4.78 is 7.35. The van der Waals surface area contributed by atoms with E-state index < -0.39 is 0 Å². The van der Waals surface area contributed by atoms with Crippen LogP contribution in [0, 0.1) is 11.8 Å². The summed E-state index contributed by atoms with van der Waals surface area (Å²) in [5.74, 6) is 1.26. The predicted octanol–water partition coefficient (Wildman–Crippen LogP) is 3.63. The van der Waals surface area contributed by atoms with Gasteiger partial charge in [-0.2, -0.15) is 5.10 Å². The quantitative estimate of drug-likeness (QED) is 0.702. The first-order valence-corrected chi connectivity index (χ1v) is 12.8. The Kier molecular flexibility index (Phi) is 6.88. The number of ether oxygens (including phenoxy) is 1. The van der Waals surface area contributed by atoms with E-state index in [1.54, 1.807) is 11.1 Å². The summed E-state index contributed by atoms with van der Waals surface area (Å²) in [6, 6.07) is 4.56. The molecular weight excluding hydrogens is 430 g/mol. The molecule has 2 aromatic heterocycles. The number of methoxy groups -OCH3 is 1. The van der Waals surface area contributed by atoms with Crippen LogP contribution in [0.3, 0.4) is 0 Å². The number of aromatic nitrogens is 2. The summed E-state index contributed by atoms with van der Waals surface area (Å²) in [4.78, 5) is 28.2. The monoisotopic (exact) mass is 467 g/mol. The second-order valence-corrected chi connectivity index (χ2v) is 10.5. The summed E-state index contributed by atoms with van der Waals surface area (Å²) in [6.45, 7) is 5.19. The summed E-state index contributed by atoms with van der Waals surface area (Å²) in [6.07, 6.45) is 13.0. The van der Waals surface area contributed by atoms with Gasteiger partial charge in [0.1, 0.15) is 0 Å². The van der Waals surface area contributed by atoms with Gasteiger partial charge in [-0.1, -0.05) is 0 Å². The first-order valence-electron chi connectivity index (χ1n) is 12.8. The van der Waals surface area contributed by atoms with Crippen molar-refractivity contribution in [2.45, 2.75) is 70.4 Å². The number of carbonyl (C=O) groups excluding carboxylic acids is 2. The number of hydrogen-bond acceptors (Lipinski definition) is 5. The van der Waals surface area contributed by atoms with Crippen LogP contribution in [-0.2, 0) is 16.0 Å². The molecule has 34 heavy (non-hydrogen) atoms. The minimum absolute atomic E-state index is 0.221. The van der Waals surface area contributed by atoms with Crippen molar-refractivity contribution in [2.75, 3.05) is 31.6 Å². The molecule has 0 unspecified atom stereocenters. The number of piperidine rings is 1. The smallest absolute Gasteiger partial charge is 0.328 e. The molecule has 1 saturated carbocycles. The number of likely N-dealkylation sites (tertiary alicyclic amines) is 1. The maximum atomic E-state index is 12.3. The Labute approximate surface area is 201 Å². The highest BCUT2D eigenvalue weighted by Gasteiger charge is 2.30. The highest BCUT2D eigenvalue weighted by atomic mass is 16.5. The first-order chi connectivity index (χ1) is 16.5. The van der Waals surface area contributed by atoms with E-state index in [0.29, 0.717) is 31.0 Å². The van der Waals surface area contributed by atoms with E-state index >= 15 is 0 Å². The Morgan fingerprint density at radius 3 is 2.68 bits per heavy atom. The van der Waals surface area contributed by atoms with E-state index in [1.807, 2.05) is 17.8 Å². The number of nitrogens with one attached hydrogen (secondary N) is 1. The maximum Gasteiger partial charge on any atom is 0.328 e. The van der Waals surface area contributed by atoms with Crippen LogP contribution in [0.1, 0.15) is 57.4 Å². The van der Waals surface area contributed by atoms with Crippen molar-refractivity contribution < 1.29 is 14.3 Å². The van der Waals surface area contributed by atoms with Crippen LogP contribution in [-0.4, -0.2) is 65.3 Å². The highest BCUT2D eigenvalue weighted by Crippen LogP contribution is 2.32. The van der Waals surface area contributed by atoms with Gasteiger partial charge >= 0.3 is 6.03 Å². The molecule has 8 heteroatoms. The maximum absolute atomic E-state index is 12.3. The fourth-order valence-electron chi connectivity index (χ4n) is 6.13. The summed E-state index contributed by atoms with van der Waals surface area (Å²) >= 11 is 0. The number of anilines is 1. The second-order valence-electron chi connectivity index (χ2n) is 10.5. The van der Waals surface area contributed by atoms with Crippen molar-refractivity contribution >= 4 is 23.1 Å². The number of rotatable bonds is 6. The number of amides is 3. The Morgan fingerprint density at radius 2 is 1.94 bits per heavy atom. The standard InChI is InChI=1S/C26H37N5O3/c1-18-13-20(7-10-29(18)17-19-3-5-22(34-2)6-4-19)14-21-8-12-31-23(15-21)24(16-27-31)30-11-9-25(32)28-26(30)33/h8,12,15-16,18-20,22H,3-7,9-11,13-14,17H2,1-2H3,(H,28,32,33)/t18-,19-,20+,22-/m0/s1. The normalized spacial score (nSPS) is 28.9. The number of pyridine rings is 1. The van der Waals surface area contributed by atoms with Gasteiger partial charge in [0.2, 0.25) is 5.91 Å². The van der Waals surface area contributed by atoms with Gasteiger partial charge in [0, 0.05) is 38.9 Å². The molecule has 0 spiro atoms. The van der Waals surface area contributed by atoms with Gasteiger partial charge in [0.05, 0.1) is 23.5 Å². The fourth-order valence-corrected chi connectivity index (χ4v) is 6.13. The minimum Gasteiger partial charge on any atom is -0.381 e. The Hall–Kier alpha value is -2.45. The van der Waals surface area contributed by atoms with Gasteiger partial charge < -0.3 is 9.64 Å². The highest BCUT2D eigenvalue weighted by molar-refractivity contribution is 6.07. The molecule has 0 radical (unpaired) electrons. The van der Waals surface area contributed by atoms with Crippen LogP contribution in [0.25, 0.3) is 5.52 Å². The molecule has 5 rings (SSSR count). The van der Waals surface area contributed by atoms with Gasteiger partial charge in [-0.25, -0.2) is 9.31 Å². The van der Waals surface area contributed by atoms with Gasteiger partial charge in [-0.05, 0) is 87.9 Å². The number of fused-ring (bicyclic) bond motifs is 1. The number of nitrogens with zero attached hydrogens (tertiary/aromatic N) is 4. The van der Waals surface area contributed by atoms with Crippen molar-refractivity contribution in [1.82, 2.24) is 19.8 Å². The third-order valence-electron chi connectivity index (χ3n) is 8.18. The molecular formula is C26H37N5O3. The van der Waals surface area contributed by atoms with E-state index in [-0.39, 0.29) is 11.9 Å². The van der Waals surface area contributed by atoms with Gasteiger partial charge in [-0.3, -0.25) is 15.0 Å². The first kappa shape index (κ1) is 23.3.